The molecule has 0 unspecified atom stereocenters. The second kappa shape index (κ2) is 10.6. The van der Waals surface area contributed by atoms with E-state index >= 15 is 0 Å². The SMILES string of the molecule is CC1(C)c2ccccc2-n2c1c(-c1ccc3sc4ccc(-c5nc(-c6ccccc6)cc(-c6ccccc6)n5)cc4c3c1)c1ccccc12. The molecule has 9 aromatic rings. The molecule has 4 heteroatoms. The van der Waals surface area contributed by atoms with Crippen LogP contribution in [0, 0.1) is 0 Å². The van der Waals surface area contributed by atoms with Gasteiger partial charge in [-0.2, -0.15) is 0 Å². The third kappa shape index (κ3) is 4.27. The van der Waals surface area contributed by atoms with Crippen LogP contribution >= 0.6 is 11.3 Å². The summed E-state index contributed by atoms with van der Waals surface area (Å²) in [6.07, 6.45) is 0. The van der Waals surface area contributed by atoms with E-state index in [-0.39, 0.29) is 5.41 Å². The van der Waals surface area contributed by atoms with Crippen LogP contribution in [0.15, 0.2) is 152 Å². The van der Waals surface area contributed by atoms with Crippen molar-refractivity contribution in [2.45, 2.75) is 19.3 Å². The first-order valence-electron chi connectivity index (χ1n) is 16.8. The molecule has 49 heavy (non-hydrogen) atoms. The van der Waals surface area contributed by atoms with E-state index in [4.69, 9.17) is 9.97 Å². The minimum atomic E-state index is -0.138. The van der Waals surface area contributed by atoms with Crippen LogP contribution in [0.25, 0.3) is 81.8 Å². The van der Waals surface area contributed by atoms with Gasteiger partial charge in [-0.3, -0.25) is 0 Å². The van der Waals surface area contributed by atoms with Gasteiger partial charge in [0.15, 0.2) is 5.82 Å². The summed E-state index contributed by atoms with van der Waals surface area (Å²) in [6.45, 7) is 4.73. The summed E-state index contributed by atoms with van der Waals surface area (Å²) in [7, 11) is 0. The van der Waals surface area contributed by atoms with E-state index in [1.807, 2.05) is 23.5 Å². The Morgan fingerprint density at radius 3 is 1.78 bits per heavy atom. The molecule has 1 aliphatic rings. The second-order valence-corrected chi connectivity index (χ2v) is 14.5. The molecule has 0 spiro atoms. The molecule has 232 valence electrons. The molecule has 0 bridgehead atoms. The molecular weight excluding hydrogens is 615 g/mol. The average Bonchev–Trinajstić information content (AvgIpc) is 3.78. The first-order chi connectivity index (χ1) is 24.0. The maximum atomic E-state index is 5.13. The van der Waals surface area contributed by atoms with E-state index < -0.39 is 0 Å². The largest absolute Gasteiger partial charge is 0.312 e. The highest BCUT2D eigenvalue weighted by Crippen LogP contribution is 2.52. The van der Waals surface area contributed by atoms with Crippen molar-refractivity contribution >= 4 is 42.4 Å². The number of aromatic nitrogens is 3. The highest BCUT2D eigenvalue weighted by Gasteiger charge is 2.40. The zero-order chi connectivity index (χ0) is 32.7. The van der Waals surface area contributed by atoms with Crippen LogP contribution in [0.5, 0.6) is 0 Å². The lowest BCUT2D eigenvalue weighted by atomic mass is 9.80. The lowest BCUT2D eigenvalue weighted by molar-refractivity contribution is 0.646. The highest BCUT2D eigenvalue weighted by molar-refractivity contribution is 7.25. The maximum absolute atomic E-state index is 5.13. The van der Waals surface area contributed by atoms with Crippen LogP contribution in [0.4, 0.5) is 0 Å². The molecule has 3 aromatic heterocycles. The van der Waals surface area contributed by atoms with Gasteiger partial charge in [-0.25, -0.2) is 9.97 Å². The van der Waals surface area contributed by atoms with Gasteiger partial charge in [-0.1, -0.05) is 117 Å². The van der Waals surface area contributed by atoms with Gasteiger partial charge in [0, 0.05) is 58.9 Å². The molecule has 3 nitrogen and oxygen atoms in total. The summed E-state index contributed by atoms with van der Waals surface area (Å²) >= 11 is 1.84. The summed E-state index contributed by atoms with van der Waals surface area (Å²) in [5.41, 5.74) is 12.7. The molecule has 0 radical (unpaired) electrons. The summed E-state index contributed by atoms with van der Waals surface area (Å²) in [4.78, 5) is 10.3. The van der Waals surface area contributed by atoms with Crippen molar-refractivity contribution < 1.29 is 0 Å². The predicted octanol–water partition coefficient (Wildman–Crippen LogP) is 12.1. The fourth-order valence-electron chi connectivity index (χ4n) is 7.86. The minimum Gasteiger partial charge on any atom is -0.312 e. The van der Waals surface area contributed by atoms with E-state index in [9.17, 15) is 0 Å². The molecule has 0 atom stereocenters. The van der Waals surface area contributed by atoms with E-state index in [0.717, 1.165) is 33.9 Å². The third-order valence-corrected chi connectivity index (χ3v) is 11.3. The molecule has 0 fully saturated rings. The number of rotatable bonds is 4. The summed E-state index contributed by atoms with van der Waals surface area (Å²) in [5.74, 6) is 0.730. The van der Waals surface area contributed by atoms with Crippen molar-refractivity contribution in [3.05, 3.63) is 163 Å². The highest BCUT2D eigenvalue weighted by atomic mass is 32.1. The fraction of sp³-hybridized carbons (Fsp3) is 0.0667. The molecule has 0 saturated carbocycles. The number of para-hydroxylation sites is 2. The van der Waals surface area contributed by atoms with E-state index in [1.54, 1.807) is 0 Å². The van der Waals surface area contributed by atoms with Crippen LogP contribution in [0.3, 0.4) is 0 Å². The Kier molecular flexibility index (Phi) is 6.09. The third-order valence-electron chi connectivity index (χ3n) is 10.2. The zero-order valence-electron chi connectivity index (χ0n) is 27.2. The Bertz CT molecular complexity index is 2680. The first-order valence-corrected chi connectivity index (χ1v) is 17.6. The molecule has 1 aliphatic heterocycles. The van der Waals surface area contributed by atoms with Gasteiger partial charge in [0.1, 0.15) is 0 Å². The van der Waals surface area contributed by atoms with Crippen LogP contribution in [0.1, 0.15) is 25.1 Å². The molecule has 0 amide bonds. The van der Waals surface area contributed by atoms with E-state index in [0.29, 0.717) is 0 Å². The normalized spacial score (nSPS) is 13.3. The smallest absolute Gasteiger partial charge is 0.160 e. The predicted molar refractivity (Wildman–Crippen MR) is 206 cm³/mol. The van der Waals surface area contributed by atoms with Crippen LogP contribution in [-0.2, 0) is 5.41 Å². The Morgan fingerprint density at radius 1 is 0.510 bits per heavy atom. The number of thiophene rings is 1. The van der Waals surface area contributed by atoms with Gasteiger partial charge >= 0.3 is 0 Å². The van der Waals surface area contributed by atoms with Gasteiger partial charge in [-0.15, -0.1) is 11.3 Å². The van der Waals surface area contributed by atoms with Gasteiger partial charge in [0.05, 0.1) is 22.6 Å². The molecule has 6 aromatic carbocycles. The molecule has 4 heterocycles. The summed E-state index contributed by atoms with van der Waals surface area (Å²) in [5, 5.41) is 3.79. The maximum Gasteiger partial charge on any atom is 0.160 e. The van der Waals surface area contributed by atoms with Gasteiger partial charge in [0.2, 0.25) is 0 Å². The van der Waals surface area contributed by atoms with E-state index in [1.165, 1.54) is 59.1 Å². The number of benzene rings is 6. The van der Waals surface area contributed by atoms with E-state index in [2.05, 4.69) is 158 Å². The van der Waals surface area contributed by atoms with Crippen molar-refractivity contribution in [3.63, 3.8) is 0 Å². The summed E-state index contributed by atoms with van der Waals surface area (Å²) in [6, 6.07) is 54.3. The van der Waals surface area contributed by atoms with Crippen molar-refractivity contribution in [1.82, 2.24) is 14.5 Å². The topological polar surface area (TPSA) is 30.7 Å². The van der Waals surface area contributed by atoms with Crippen molar-refractivity contribution in [2.24, 2.45) is 0 Å². The first kappa shape index (κ1) is 28.2. The molecule has 0 saturated heterocycles. The number of fused-ring (bicyclic) bond motifs is 8. The van der Waals surface area contributed by atoms with Crippen molar-refractivity contribution in [2.75, 3.05) is 0 Å². The average molecular weight is 646 g/mol. The van der Waals surface area contributed by atoms with Crippen LogP contribution in [0.2, 0.25) is 0 Å². The fourth-order valence-corrected chi connectivity index (χ4v) is 8.93. The monoisotopic (exact) mass is 645 g/mol. The Balaban J connectivity index is 1.17. The molecular formula is C45H31N3S. The molecule has 10 rings (SSSR count). The zero-order valence-corrected chi connectivity index (χ0v) is 28.0. The quantitative estimate of drug-likeness (QED) is 0.191. The molecule has 0 aliphatic carbocycles. The summed E-state index contributed by atoms with van der Waals surface area (Å²) < 4.78 is 5.04. The van der Waals surface area contributed by atoms with Crippen molar-refractivity contribution in [3.8, 4) is 50.7 Å². The van der Waals surface area contributed by atoms with Gasteiger partial charge < -0.3 is 4.57 Å². The van der Waals surface area contributed by atoms with Crippen LogP contribution in [-0.4, -0.2) is 14.5 Å². The van der Waals surface area contributed by atoms with Crippen molar-refractivity contribution in [1.29, 1.82) is 0 Å². The Morgan fingerprint density at radius 2 is 1.08 bits per heavy atom. The number of hydrogen-bond donors (Lipinski definition) is 0. The number of nitrogens with zero attached hydrogens (tertiary/aromatic N) is 3. The minimum absolute atomic E-state index is 0.138. The Labute approximate surface area is 288 Å². The second-order valence-electron chi connectivity index (χ2n) is 13.4. The molecule has 0 N–H and O–H groups in total. The standard InChI is InChI=1S/C45H31N3S/c1-45(2)35-18-10-12-20-39(35)48-38-19-11-9-17-32(38)42(43(45)48)30-21-23-40-33(25-30)34-26-31(22-24-41(34)49-40)44-46-36(28-13-5-3-6-14-28)27-37(47-44)29-15-7-4-8-16-29/h3-27H,1-2H3. The lowest BCUT2D eigenvalue weighted by Crippen LogP contribution is -2.16. The van der Waals surface area contributed by atoms with Crippen LogP contribution < -0.4 is 0 Å². The number of hydrogen-bond acceptors (Lipinski definition) is 3. The Hall–Kier alpha value is -5.84. The lowest BCUT2D eigenvalue weighted by Gasteiger charge is -2.21. The van der Waals surface area contributed by atoms with Gasteiger partial charge in [0.25, 0.3) is 0 Å². The van der Waals surface area contributed by atoms with Gasteiger partial charge in [-0.05, 0) is 59.7 Å².